The predicted molar refractivity (Wildman–Crippen MR) is 96.8 cm³/mol. The van der Waals surface area contributed by atoms with E-state index in [-0.39, 0.29) is 11.5 Å². The van der Waals surface area contributed by atoms with E-state index in [2.05, 4.69) is 20.3 Å². The number of nitrogens with zero attached hydrogens (tertiary/aromatic N) is 4. The van der Waals surface area contributed by atoms with E-state index in [9.17, 15) is 4.79 Å². The number of carbonyl (C=O) groups is 1. The fraction of sp³-hybridized carbons (Fsp3) is 0.474. The zero-order valence-electron chi connectivity index (χ0n) is 14.9. The topological polar surface area (TPSA) is 80.2 Å². The molecule has 0 aromatic carbocycles. The van der Waals surface area contributed by atoms with Gasteiger partial charge < -0.3 is 15.0 Å². The minimum Gasteiger partial charge on any atom is -0.371 e. The molecule has 1 unspecified atom stereocenters. The molecule has 2 aromatic heterocycles. The van der Waals surface area contributed by atoms with Crippen LogP contribution in [0.1, 0.15) is 29.0 Å². The maximum absolute atomic E-state index is 12.5. The van der Waals surface area contributed by atoms with E-state index in [1.165, 1.54) is 0 Å². The number of hydrogen-bond donors (Lipinski definition) is 1. The molecule has 4 rings (SSSR count). The van der Waals surface area contributed by atoms with Crippen LogP contribution in [-0.2, 0) is 4.74 Å². The number of pyridine rings is 1. The summed E-state index contributed by atoms with van der Waals surface area (Å²) < 4.78 is 6.05. The molecule has 2 aliphatic rings. The Labute approximate surface area is 152 Å². The second kappa shape index (κ2) is 6.99. The van der Waals surface area contributed by atoms with Crippen LogP contribution < -0.4 is 5.32 Å². The molecule has 1 amide bonds. The lowest BCUT2D eigenvalue weighted by molar-refractivity contribution is -0.117. The van der Waals surface area contributed by atoms with Gasteiger partial charge in [0.2, 0.25) is 0 Å². The largest absolute Gasteiger partial charge is 0.371 e. The standard InChI is InChI=1S/C19H23N5O2/c1-14-10-23-16(11-22-14)18(25)24-12-19(13-24)15(6-9-26-19)5-8-21-17-4-2-3-7-20-17/h2-4,7,10-11,15H,5-6,8-9,12-13H2,1H3,(H,20,21). The number of ether oxygens (including phenoxy) is 1. The fourth-order valence-electron chi connectivity index (χ4n) is 3.79. The molecule has 136 valence electrons. The third-order valence-electron chi connectivity index (χ3n) is 5.27. The number of aromatic nitrogens is 3. The van der Waals surface area contributed by atoms with Crippen molar-refractivity contribution in [2.75, 3.05) is 31.6 Å². The number of hydrogen-bond acceptors (Lipinski definition) is 6. The number of rotatable bonds is 5. The molecule has 2 aromatic rings. The molecule has 2 saturated heterocycles. The molecule has 7 heteroatoms. The number of likely N-dealkylation sites (tertiary alicyclic amines) is 1. The average molecular weight is 353 g/mol. The Morgan fingerprint density at radius 2 is 2.19 bits per heavy atom. The van der Waals surface area contributed by atoms with Crippen LogP contribution in [0.15, 0.2) is 36.8 Å². The van der Waals surface area contributed by atoms with Crippen molar-refractivity contribution in [2.45, 2.75) is 25.4 Å². The smallest absolute Gasteiger partial charge is 0.274 e. The molecule has 4 heterocycles. The Morgan fingerprint density at radius 1 is 1.31 bits per heavy atom. The molecule has 2 aliphatic heterocycles. The SMILES string of the molecule is Cc1cnc(C(=O)N2CC3(C2)OCCC3CCNc2ccccn2)cn1. The second-order valence-corrected chi connectivity index (χ2v) is 7.03. The van der Waals surface area contributed by atoms with Crippen LogP contribution in [-0.4, -0.2) is 57.6 Å². The van der Waals surface area contributed by atoms with E-state index >= 15 is 0 Å². The number of carbonyl (C=O) groups excluding carboxylic acids is 1. The maximum atomic E-state index is 12.5. The third-order valence-corrected chi connectivity index (χ3v) is 5.27. The van der Waals surface area contributed by atoms with Gasteiger partial charge in [-0.2, -0.15) is 0 Å². The molecule has 1 spiro atoms. The number of nitrogens with one attached hydrogen (secondary N) is 1. The quantitative estimate of drug-likeness (QED) is 0.884. The zero-order chi connectivity index (χ0) is 18.0. The summed E-state index contributed by atoms with van der Waals surface area (Å²) in [5.74, 6) is 1.28. The van der Waals surface area contributed by atoms with Crippen LogP contribution in [0.3, 0.4) is 0 Å². The van der Waals surface area contributed by atoms with Gasteiger partial charge in [-0.15, -0.1) is 0 Å². The second-order valence-electron chi connectivity index (χ2n) is 7.03. The lowest BCUT2D eigenvalue weighted by Gasteiger charge is -2.50. The molecule has 0 radical (unpaired) electrons. The molecular formula is C19H23N5O2. The minimum absolute atomic E-state index is 0.0658. The van der Waals surface area contributed by atoms with E-state index in [1.807, 2.05) is 30.0 Å². The van der Waals surface area contributed by atoms with Gasteiger partial charge in [-0.3, -0.25) is 9.78 Å². The molecule has 26 heavy (non-hydrogen) atoms. The van der Waals surface area contributed by atoms with Crippen molar-refractivity contribution >= 4 is 11.7 Å². The Bertz CT molecular complexity index is 759. The lowest BCUT2D eigenvalue weighted by atomic mass is 9.79. The van der Waals surface area contributed by atoms with Gasteiger partial charge in [0.25, 0.3) is 5.91 Å². The Balaban J connectivity index is 1.31. The Morgan fingerprint density at radius 3 is 2.92 bits per heavy atom. The summed E-state index contributed by atoms with van der Waals surface area (Å²) in [7, 11) is 0. The van der Waals surface area contributed by atoms with Gasteiger partial charge in [0.05, 0.1) is 25.0 Å². The lowest BCUT2D eigenvalue weighted by Crippen LogP contribution is -2.66. The maximum Gasteiger partial charge on any atom is 0.274 e. The highest BCUT2D eigenvalue weighted by atomic mass is 16.5. The molecule has 7 nitrogen and oxygen atoms in total. The summed E-state index contributed by atoms with van der Waals surface area (Å²) >= 11 is 0. The summed E-state index contributed by atoms with van der Waals surface area (Å²) in [6.45, 7) is 4.74. The summed E-state index contributed by atoms with van der Waals surface area (Å²) in [6, 6.07) is 5.84. The van der Waals surface area contributed by atoms with Gasteiger partial charge in [-0.25, -0.2) is 9.97 Å². The Kier molecular flexibility index (Phi) is 4.55. The number of amides is 1. The molecule has 0 aliphatic carbocycles. The highest BCUT2D eigenvalue weighted by Crippen LogP contribution is 2.42. The van der Waals surface area contributed by atoms with Crippen molar-refractivity contribution in [2.24, 2.45) is 5.92 Å². The van der Waals surface area contributed by atoms with Gasteiger partial charge in [0.1, 0.15) is 17.1 Å². The van der Waals surface area contributed by atoms with E-state index < -0.39 is 0 Å². The third kappa shape index (κ3) is 3.26. The van der Waals surface area contributed by atoms with Crippen LogP contribution in [0.5, 0.6) is 0 Å². The van der Waals surface area contributed by atoms with Crippen LogP contribution in [0, 0.1) is 12.8 Å². The highest BCUT2D eigenvalue weighted by Gasteiger charge is 2.54. The number of anilines is 1. The monoisotopic (exact) mass is 353 g/mol. The Hall–Kier alpha value is -2.54. The molecule has 1 N–H and O–H groups in total. The molecule has 2 fully saturated rings. The van der Waals surface area contributed by atoms with Gasteiger partial charge in [-0.05, 0) is 37.8 Å². The van der Waals surface area contributed by atoms with Crippen molar-refractivity contribution in [3.05, 3.63) is 48.2 Å². The van der Waals surface area contributed by atoms with Crippen molar-refractivity contribution in [1.29, 1.82) is 0 Å². The van der Waals surface area contributed by atoms with Gasteiger partial charge in [0.15, 0.2) is 0 Å². The van der Waals surface area contributed by atoms with Crippen molar-refractivity contribution in [1.82, 2.24) is 19.9 Å². The molecule has 1 atom stereocenters. The first kappa shape index (κ1) is 16.9. The summed E-state index contributed by atoms with van der Waals surface area (Å²) in [5.41, 5.74) is 1.01. The van der Waals surface area contributed by atoms with Crippen molar-refractivity contribution in [3.63, 3.8) is 0 Å². The number of aryl methyl sites for hydroxylation is 1. The predicted octanol–water partition coefficient (Wildman–Crippen LogP) is 1.91. The highest BCUT2D eigenvalue weighted by molar-refractivity contribution is 5.92. The fourth-order valence-corrected chi connectivity index (χ4v) is 3.79. The summed E-state index contributed by atoms with van der Waals surface area (Å²) in [6.07, 6.45) is 7.00. The zero-order valence-corrected chi connectivity index (χ0v) is 14.9. The average Bonchev–Trinajstić information content (AvgIpc) is 3.05. The van der Waals surface area contributed by atoms with Crippen LogP contribution in [0.4, 0.5) is 5.82 Å². The van der Waals surface area contributed by atoms with E-state index in [1.54, 1.807) is 18.6 Å². The van der Waals surface area contributed by atoms with Gasteiger partial charge in [0, 0.05) is 25.5 Å². The van der Waals surface area contributed by atoms with Crippen LogP contribution in [0.25, 0.3) is 0 Å². The summed E-state index contributed by atoms with van der Waals surface area (Å²) in [4.78, 5) is 27.0. The van der Waals surface area contributed by atoms with E-state index in [4.69, 9.17) is 4.74 Å². The first-order valence-corrected chi connectivity index (χ1v) is 9.03. The minimum atomic E-state index is -0.195. The van der Waals surface area contributed by atoms with E-state index in [0.717, 1.165) is 37.5 Å². The molecule has 0 bridgehead atoms. The van der Waals surface area contributed by atoms with E-state index in [0.29, 0.717) is 24.7 Å². The van der Waals surface area contributed by atoms with Crippen LogP contribution >= 0.6 is 0 Å². The summed E-state index contributed by atoms with van der Waals surface area (Å²) in [5, 5.41) is 3.36. The normalized spacial score (nSPS) is 20.8. The van der Waals surface area contributed by atoms with Crippen LogP contribution in [0.2, 0.25) is 0 Å². The first-order valence-electron chi connectivity index (χ1n) is 9.03. The van der Waals surface area contributed by atoms with Gasteiger partial charge >= 0.3 is 0 Å². The first-order chi connectivity index (χ1) is 12.7. The molecule has 0 saturated carbocycles. The van der Waals surface area contributed by atoms with Crippen molar-refractivity contribution in [3.8, 4) is 0 Å². The molecular weight excluding hydrogens is 330 g/mol. The van der Waals surface area contributed by atoms with Crippen molar-refractivity contribution < 1.29 is 9.53 Å². The van der Waals surface area contributed by atoms with Gasteiger partial charge in [-0.1, -0.05) is 6.07 Å².